The number of anilines is 1. The second-order valence-electron chi connectivity index (χ2n) is 3.39. The van der Waals surface area contributed by atoms with Crippen molar-refractivity contribution >= 4 is 39.3 Å². The molecule has 17 heavy (non-hydrogen) atoms. The third kappa shape index (κ3) is 2.26. The van der Waals surface area contributed by atoms with Crippen molar-refractivity contribution in [1.82, 2.24) is 4.98 Å². The minimum atomic E-state index is -2.30. The maximum Gasteiger partial charge on any atom is 0.136 e. The van der Waals surface area contributed by atoms with E-state index in [0.717, 1.165) is 10.8 Å². The number of hydrogen-bond donors (Lipinski definition) is 0. The summed E-state index contributed by atoms with van der Waals surface area (Å²) in [5.74, 6) is 0. The summed E-state index contributed by atoms with van der Waals surface area (Å²) in [5.41, 5.74) is 0.614. The van der Waals surface area contributed by atoms with Crippen LogP contribution < -0.4 is 4.31 Å². The summed E-state index contributed by atoms with van der Waals surface area (Å²) in [4.78, 5) is 3.97. The second kappa shape index (κ2) is 5.00. The quantitative estimate of drug-likeness (QED) is 0.635. The fourth-order valence-electron chi connectivity index (χ4n) is 1.73. The minimum absolute atomic E-state index is 0.370. The standard InChI is InChI=1S/C11H11ClN2O2S/c1-2-14(17(15)16)10-5-3-4-9-8(10)6-7-13-11(9)12/h3-7H,2H2,1H3,(H,15,16)/p-1. The van der Waals surface area contributed by atoms with Crippen LogP contribution >= 0.6 is 11.6 Å². The minimum Gasteiger partial charge on any atom is -0.755 e. The smallest absolute Gasteiger partial charge is 0.136 e. The first kappa shape index (κ1) is 12.3. The molecule has 1 atom stereocenters. The van der Waals surface area contributed by atoms with E-state index in [1.807, 2.05) is 6.07 Å². The predicted molar refractivity (Wildman–Crippen MR) is 68.7 cm³/mol. The van der Waals surface area contributed by atoms with Crippen molar-refractivity contribution < 1.29 is 8.76 Å². The average Bonchev–Trinajstić information content (AvgIpc) is 2.31. The lowest BCUT2D eigenvalue weighted by Gasteiger charge is -2.26. The van der Waals surface area contributed by atoms with E-state index in [0.29, 0.717) is 17.4 Å². The highest BCUT2D eigenvalue weighted by atomic mass is 35.5. The van der Waals surface area contributed by atoms with Gasteiger partial charge in [-0.25, -0.2) is 4.98 Å². The molecule has 0 saturated carbocycles. The van der Waals surface area contributed by atoms with E-state index in [2.05, 4.69) is 4.98 Å². The molecule has 0 aliphatic rings. The SMILES string of the molecule is CCN(c1cccc2c(Cl)nccc12)S(=O)[O-]. The Balaban J connectivity index is 2.70. The normalized spacial score (nSPS) is 12.6. The molecule has 0 spiro atoms. The van der Waals surface area contributed by atoms with E-state index < -0.39 is 11.3 Å². The Morgan fingerprint density at radius 3 is 2.82 bits per heavy atom. The van der Waals surface area contributed by atoms with Gasteiger partial charge in [0.15, 0.2) is 0 Å². The van der Waals surface area contributed by atoms with Crippen LogP contribution in [0.5, 0.6) is 0 Å². The summed E-state index contributed by atoms with van der Waals surface area (Å²) in [6.45, 7) is 2.15. The third-order valence-corrected chi connectivity index (χ3v) is 3.59. The molecule has 1 unspecified atom stereocenters. The van der Waals surface area contributed by atoms with Crippen molar-refractivity contribution in [2.75, 3.05) is 10.8 Å². The van der Waals surface area contributed by atoms with Gasteiger partial charge in [0.05, 0.1) is 5.69 Å². The van der Waals surface area contributed by atoms with Crippen LogP contribution in [0, 0.1) is 0 Å². The predicted octanol–water partition coefficient (Wildman–Crippen LogP) is 2.51. The van der Waals surface area contributed by atoms with Crippen LogP contribution in [0.15, 0.2) is 30.5 Å². The summed E-state index contributed by atoms with van der Waals surface area (Å²) in [7, 11) is 0. The van der Waals surface area contributed by atoms with Crippen LogP contribution in [0.3, 0.4) is 0 Å². The number of halogens is 1. The van der Waals surface area contributed by atoms with Gasteiger partial charge in [-0.3, -0.25) is 4.21 Å². The zero-order valence-electron chi connectivity index (χ0n) is 9.09. The van der Waals surface area contributed by atoms with Gasteiger partial charge in [0.25, 0.3) is 0 Å². The van der Waals surface area contributed by atoms with Gasteiger partial charge in [-0.2, -0.15) is 0 Å². The summed E-state index contributed by atoms with van der Waals surface area (Å²) in [6.07, 6.45) is 1.57. The molecule has 2 rings (SSSR count). The molecular weight excluding hydrogens is 260 g/mol. The number of benzene rings is 1. The lowest BCUT2D eigenvalue weighted by atomic mass is 10.1. The van der Waals surface area contributed by atoms with Gasteiger partial charge < -0.3 is 8.86 Å². The molecule has 90 valence electrons. The fourth-order valence-corrected chi connectivity index (χ4v) is 2.48. The van der Waals surface area contributed by atoms with Gasteiger partial charge >= 0.3 is 0 Å². The van der Waals surface area contributed by atoms with E-state index in [1.54, 1.807) is 31.3 Å². The highest BCUT2D eigenvalue weighted by Crippen LogP contribution is 2.30. The molecule has 0 N–H and O–H groups in total. The van der Waals surface area contributed by atoms with Crippen LogP contribution in [-0.4, -0.2) is 20.3 Å². The third-order valence-electron chi connectivity index (χ3n) is 2.47. The van der Waals surface area contributed by atoms with Crippen LogP contribution in [0.4, 0.5) is 5.69 Å². The fraction of sp³-hybridized carbons (Fsp3) is 0.182. The summed E-state index contributed by atoms with van der Waals surface area (Å²) in [6, 6.07) is 7.08. The van der Waals surface area contributed by atoms with Gasteiger partial charge in [-0.05, 0) is 19.1 Å². The molecule has 6 heteroatoms. The topological polar surface area (TPSA) is 56.3 Å². The maximum atomic E-state index is 11.1. The van der Waals surface area contributed by atoms with Crippen LogP contribution in [0.25, 0.3) is 10.8 Å². The Hall–Kier alpha value is -1.17. The van der Waals surface area contributed by atoms with Crippen molar-refractivity contribution in [3.8, 4) is 0 Å². The zero-order chi connectivity index (χ0) is 12.4. The van der Waals surface area contributed by atoms with Crippen molar-refractivity contribution in [3.05, 3.63) is 35.6 Å². The highest BCUT2D eigenvalue weighted by molar-refractivity contribution is 7.80. The first-order valence-corrected chi connectivity index (χ1v) is 6.46. The van der Waals surface area contributed by atoms with Crippen LogP contribution in [-0.2, 0) is 11.3 Å². The van der Waals surface area contributed by atoms with E-state index in [4.69, 9.17) is 11.6 Å². The van der Waals surface area contributed by atoms with E-state index in [1.165, 1.54) is 4.31 Å². The highest BCUT2D eigenvalue weighted by Gasteiger charge is 2.10. The molecule has 0 amide bonds. The second-order valence-corrected chi connectivity index (χ2v) is 4.62. The number of rotatable bonds is 3. The molecule has 1 aromatic heterocycles. The lowest BCUT2D eigenvalue weighted by molar-refractivity contribution is 0.533. The summed E-state index contributed by atoms with van der Waals surface area (Å²) >= 11 is 3.68. The van der Waals surface area contributed by atoms with Gasteiger partial charge in [-0.1, -0.05) is 23.7 Å². The first-order chi connectivity index (χ1) is 8.15. The molecule has 0 aliphatic heterocycles. The van der Waals surface area contributed by atoms with Gasteiger partial charge in [0.1, 0.15) is 5.15 Å². The monoisotopic (exact) mass is 269 g/mol. The van der Waals surface area contributed by atoms with E-state index >= 15 is 0 Å². The van der Waals surface area contributed by atoms with Gasteiger partial charge in [0, 0.05) is 34.8 Å². The number of hydrogen-bond acceptors (Lipinski definition) is 3. The Morgan fingerprint density at radius 1 is 1.41 bits per heavy atom. The molecular formula is C11H10ClN2O2S-. The average molecular weight is 270 g/mol. The Bertz CT molecular complexity index is 576. The Kier molecular flexibility index (Phi) is 3.61. The largest absolute Gasteiger partial charge is 0.755 e. The number of aromatic nitrogens is 1. The molecule has 2 aromatic rings. The molecule has 0 fully saturated rings. The molecule has 4 nitrogen and oxygen atoms in total. The van der Waals surface area contributed by atoms with Gasteiger partial charge in [0.2, 0.25) is 0 Å². The summed E-state index contributed by atoms with van der Waals surface area (Å²) < 4.78 is 23.6. The lowest BCUT2D eigenvalue weighted by Crippen LogP contribution is -2.24. The van der Waals surface area contributed by atoms with Gasteiger partial charge in [-0.15, -0.1) is 0 Å². The van der Waals surface area contributed by atoms with Crippen molar-refractivity contribution in [2.24, 2.45) is 0 Å². The number of pyridine rings is 1. The van der Waals surface area contributed by atoms with Crippen LogP contribution in [0.2, 0.25) is 5.15 Å². The molecule has 1 aromatic carbocycles. The molecule has 0 bridgehead atoms. The maximum absolute atomic E-state index is 11.1. The Morgan fingerprint density at radius 2 is 2.18 bits per heavy atom. The Labute approximate surface area is 107 Å². The molecule has 0 aliphatic carbocycles. The molecule has 0 radical (unpaired) electrons. The van der Waals surface area contributed by atoms with Crippen molar-refractivity contribution in [2.45, 2.75) is 6.92 Å². The van der Waals surface area contributed by atoms with Crippen molar-refractivity contribution in [1.29, 1.82) is 0 Å². The molecule has 1 heterocycles. The van der Waals surface area contributed by atoms with Crippen molar-refractivity contribution in [3.63, 3.8) is 0 Å². The van der Waals surface area contributed by atoms with E-state index in [9.17, 15) is 8.76 Å². The van der Waals surface area contributed by atoms with Crippen LogP contribution in [0.1, 0.15) is 6.92 Å². The first-order valence-electron chi connectivity index (χ1n) is 5.05. The number of fused-ring (bicyclic) bond motifs is 1. The molecule has 0 saturated heterocycles. The number of nitrogens with zero attached hydrogens (tertiary/aromatic N) is 2. The van der Waals surface area contributed by atoms with E-state index in [-0.39, 0.29) is 0 Å². The summed E-state index contributed by atoms with van der Waals surface area (Å²) in [5, 5.41) is 1.89. The zero-order valence-corrected chi connectivity index (χ0v) is 10.7.